The Kier molecular flexibility index (Phi) is 3.11. The smallest absolute Gasteiger partial charge is 0.290 e. The fourth-order valence-corrected chi connectivity index (χ4v) is 2.62. The van der Waals surface area contributed by atoms with Crippen LogP contribution in [0.15, 0.2) is 29.4 Å². The first-order valence-corrected chi connectivity index (χ1v) is 6.66. The molecule has 1 fully saturated rings. The zero-order valence-electron chi connectivity index (χ0n) is 10.5. The maximum Gasteiger partial charge on any atom is 0.290 e. The van der Waals surface area contributed by atoms with E-state index in [1.165, 1.54) is 6.33 Å². The number of hydrogen-bond acceptors (Lipinski definition) is 6. The molecule has 1 saturated heterocycles. The van der Waals surface area contributed by atoms with Crippen LogP contribution in [0.25, 0.3) is 17.0 Å². The molecule has 100 valence electrons. The number of amides is 2. The lowest BCUT2D eigenvalue weighted by Crippen LogP contribution is -2.17. The largest absolute Gasteiger partial charge is 0.373 e. The summed E-state index contributed by atoms with van der Waals surface area (Å²) in [6.45, 7) is 0. The molecule has 0 radical (unpaired) electrons. The van der Waals surface area contributed by atoms with Crippen molar-refractivity contribution in [1.29, 1.82) is 0 Å². The third-order valence-corrected chi connectivity index (χ3v) is 3.65. The summed E-state index contributed by atoms with van der Waals surface area (Å²) in [5.41, 5.74) is 1.63. The van der Waals surface area contributed by atoms with E-state index >= 15 is 0 Å². The van der Waals surface area contributed by atoms with Crippen LogP contribution in [0.4, 0.5) is 10.6 Å². The number of aromatic nitrogens is 2. The van der Waals surface area contributed by atoms with E-state index in [2.05, 4.69) is 20.6 Å². The van der Waals surface area contributed by atoms with Gasteiger partial charge in [-0.05, 0) is 35.5 Å². The molecule has 2 heterocycles. The van der Waals surface area contributed by atoms with Crippen molar-refractivity contribution in [2.45, 2.75) is 0 Å². The average molecular weight is 286 g/mol. The molecule has 1 aliphatic heterocycles. The molecule has 1 aliphatic rings. The van der Waals surface area contributed by atoms with Crippen molar-refractivity contribution >= 4 is 45.7 Å². The van der Waals surface area contributed by atoms with Gasteiger partial charge in [-0.3, -0.25) is 14.9 Å². The van der Waals surface area contributed by atoms with Gasteiger partial charge in [0.25, 0.3) is 11.1 Å². The van der Waals surface area contributed by atoms with Gasteiger partial charge in [-0.1, -0.05) is 6.07 Å². The average Bonchev–Trinajstić information content (AvgIpc) is 2.76. The number of carbonyl (C=O) groups excluding carboxylic acids is 2. The third kappa shape index (κ3) is 2.23. The predicted molar refractivity (Wildman–Crippen MR) is 78.2 cm³/mol. The molecule has 2 aromatic rings. The molecule has 20 heavy (non-hydrogen) atoms. The number of nitrogens with one attached hydrogen (secondary N) is 2. The second-order valence-corrected chi connectivity index (χ2v) is 5.12. The van der Waals surface area contributed by atoms with Gasteiger partial charge >= 0.3 is 0 Å². The topological polar surface area (TPSA) is 84.0 Å². The zero-order chi connectivity index (χ0) is 14.1. The summed E-state index contributed by atoms with van der Waals surface area (Å²) in [4.78, 5) is 31.4. The maximum absolute atomic E-state index is 11.5. The first-order valence-electron chi connectivity index (χ1n) is 5.85. The molecule has 0 saturated carbocycles. The Hall–Kier alpha value is -2.41. The third-order valence-electron chi connectivity index (χ3n) is 2.84. The van der Waals surface area contributed by atoms with Gasteiger partial charge in [0.2, 0.25) is 0 Å². The van der Waals surface area contributed by atoms with E-state index in [4.69, 9.17) is 0 Å². The number of carbonyl (C=O) groups is 2. The van der Waals surface area contributed by atoms with E-state index < -0.39 is 0 Å². The van der Waals surface area contributed by atoms with Crippen molar-refractivity contribution < 1.29 is 9.59 Å². The summed E-state index contributed by atoms with van der Waals surface area (Å²) in [6.07, 6.45) is 3.17. The lowest BCUT2D eigenvalue weighted by atomic mass is 10.1. The molecule has 0 atom stereocenters. The summed E-state index contributed by atoms with van der Waals surface area (Å²) < 4.78 is 0. The minimum absolute atomic E-state index is 0.346. The van der Waals surface area contributed by atoms with Gasteiger partial charge in [0.05, 0.1) is 10.4 Å². The quantitative estimate of drug-likeness (QED) is 0.821. The second-order valence-electron chi connectivity index (χ2n) is 4.10. The summed E-state index contributed by atoms with van der Waals surface area (Å²) in [5, 5.41) is 5.74. The van der Waals surface area contributed by atoms with Crippen LogP contribution in [0.2, 0.25) is 0 Å². The lowest BCUT2D eigenvalue weighted by Gasteiger charge is -2.04. The van der Waals surface area contributed by atoms with Crippen LogP contribution in [0, 0.1) is 0 Å². The van der Waals surface area contributed by atoms with Gasteiger partial charge in [-0.15, -0.1) is 0 Å². The Morgan fingerprint density at radius 2 is 2.15 bits per heavy atom. The van der Waals surface area contributed by atoms with E-state index in [9.17, 15) is 9.59 Å². The molecular weight excluding hydrogens is 276 g/mol. The fraction of sp³-hybridized carbons (Fsp3) is 0.0769. The van der Waals surface area contributed by atoms with E-state index in [-0.39, 0.29) is 11.1 Å². The number of anilines is 1. The molecule has 0 aliphatic carbocycles. The molecule has 0 bridgehead atoms. The Morgan fingerprint density at radius 1 is 1.30 bits per heavy atom. The van der Waals surface area contributed by atoms with Crippen molar-refractivity contribution in [1.82, 2.24) is 15.3 Å². The van der Waals surface area contributed by atoms with Gasteiger partial charge in [0.1, 0.15) is 12.1 Å². The van der Waals surface area contributed by atoms with Crippen molar-refractivity contribution in [3.05, 3.63) is 35.0 Å². The van der Waals surface area contributed by atoms with Crippen molar-refractivity contribution in [3.63, 3.8) is 0 Å². The van der Waals surface area contributed by atoms with Gasteiger partial charge < -0.3 is 5.32 Å². The molecule has 1 aromatic carbocycles. The first-order chi connectivity index (χ1) is 9.67. The number of rotatable bonds is 2. The number of hydrogen-bond donors (Lipinski definition) is 2. The summed E-state index contributed by atoms with van der Waals surface area (Å²) in [5.74, 6) is 0.355. The summed E-state index contributed by atoms with van der Waals surface area (Å²) >= 11 is 0.898. The van der Waals surface area contributed by atoms with Gasteiger partial charge in [-0.25, -0.2) is 9.97 Å². The summed E-state index contributed by atoms with van der Waals surface area (Å²) in [6, 6.07) is 5.58. The molecule has 0 spiro atoms. The number of benzene rings is 1. The van der Waals surface area contributed by atoms with E-state index in [1.807, 2.05) is 18.2 Å². The van der Waals surface area contributed by atoms with Crippen LogP contribution < -0.4 is 10.6 Å². The standard InChI is InChI=1S/C13H10N4O2S/c1-14-11-8-4-7(2-3-9(8)15-6-16-11)5-10-12(18)17-13(19)20-10/h2-6H,1H3,(H,14,15,16)(H,17,18,19)/b10-5-. The first kappa shape index (κ1) is 12.6. The van der Waals surface area contributed by atoms with Crippen LogP contribution in [-0.2, 0) is 4.79 Å². The fourth-order valence-electron chi connectivity index (χ4n) is 1.94. The number of thioether (sulfide) groups is 1. The predicted octanol–water partition coefficient (Wildman–Crippen LogP) is 2.00. The van der Waals surface area contributed by atoms with Crippen molar-refractivity contribution in [2.24, 2.45) is 0 Å². The number of imide groups is 1. The lowest BCUT2D eigenvalue weighted by molar-refractivity contribution is -0.115. The highest BCUT2D eigenvalue weighted by molar-refractivity contribution is 8.18. The molecule has 2 N–H and O–H groups in total. The molecule has 0 unspecified atom stereocenters. The van der Waals surface area contributed by atoms with E-state index in [0.717, 1.165) is 34.0 Å². The number of fused-ring (bicyclic) bond motifs is 1. The second kappa shape index (κ2) is 4.93. The van der Waals surface area contributed by atoms with E-state index in [0.29, 0.717) is 4.91 Å². The maximum atomic E-state index is 11.5. The van der Waals surface area contributed by atoms with Crippen LogP contribution in [0.5, 0.6) is 0 Å². The highest BCUT2D eigenvalue weighted by Gasteiger charge is 2.24. The Labute approximate surface area is 118 Å². The monoisotopic (exact) mass is 286 g/mol. The Balaban J connectivity index is 2.07. The van der Waals surface area contributed by atoms with Gasteiger partial charge in [-0.2, -0.15) is 0 Å². The molecule has 3 rings (SSSR count). The molecule has 2 amide bonds. The molecule has 1 aromatic heterocycles. The van der Waals surface area contributed by atoms with Gasteiger partial charge in [0, 0.05) is 12.4 Å². The number of nitrogens with zero attached hydrogens (tertiary/aromatic N) is 2. The van der Waals surface area contributed by atoms with Crippen molar-refractivity contribution in [3.8, 4) is 0 Å². The zero-order valence-corrected chi connectivity index (χ0v) is 11.3. The minimum atomic E-state index is -0.363. The van der Waals surface area contributed by atoms with Crippen LogP contribution in [0.1, 0.15) is 5.56 Å². The van der Waals surface area contributed by atoms with Crippen molar-refractivity contribution in [2.75, 3.05) is 12.4 Å². The van der Waals surface area contributed by atoms with Crippen LogP contribution >= 0.6 is 11.8 Å². The summed E-state index contributed by atoms with van der Waals surface area (Å²) in [7, 11) is 1.78. The highest BCUT2D eigenvalue weighted by atomic mass is 32.2. The van der Waals surface area contributed by atoms with E-state index in [1.54, 1.807) is 13.1 Å². The van der Waals surface area contributed by atoms with Gasteiger partial charge in [0.15, 0.2) is 0 Å². The SMILES string of the molecule is CNc1ncnc2ccc(/C=C3\SC(=O)NC3=O)cc12. The Bertz CT molecular complexity index is 757. The highest BCUT2D eigenvalue weighted by Crippen LogP contribution is 2.27. The molecule has 7 heteroatoms. The normalized spacial score (nSPS) is 16.8. The molecule has 6 nitrogen and oxygen atoms in total. The van der Waals surface area contributed by atoms with Crippen LogP contribution in [0.3, 0.4) is 0 Å². The Morgan fingerprint density at radius 3 is 2.85 bits per heavy atom. The minimum Gasteiger partial charge on any atom is -0.373 e. The van der Waals surface area contributed by atoms with Crippen LogP contribution in [-0.4, -0.2) is 28.2 Å². The molecular formula is C13H10N4O2S.